The maximum atomic E-state index is 4.73. The van der Waals surface area contributed by atoms with Gasteiger partial charge < -0.3 is 0 Å². The second-order valence-electron chi connectivity index (χ2n) is 5.52. The van der Waals surface area contributed by atoms with Crippen LogP contribution in [0.2, 0.25) is 0 Å². The van der Waals surface area contributed by atoms with Crippen molar-refractivity contribution in [1.29, 1.82) is 0 Å². The zero-order valence-electron chi connectivity index (χ0n) is 13.0. The molecule has 120 valence electrons. The Kier molecular flexibility index (Phi) is 3.43. The van der Waals surface area contributed by atoms with Crippen molar-refractivity contribution in [3.8, 4) is 27.5 Å². The van der Waals surface area contributed by atoms with Crippen LogP contribution in [0, 0.1) is 0 Å². The highest BCUT2D eigenvalue weighted by Crippen LogP contribution is 2.35. The van der Waals surface area contributed by atoms with Crippen LogP contribution < -0.4 is 0 Å². The minimum atomic E-state index is 0.813. The summed E-state index contributed by atoms with van der Waals surface area (Å²) in [5, 5.41) is 9.97. The topological polar surface area (TPSA) is 43.6 Å². The van der Waals surface area contributed by atoms with E-state index in [0.717, 1.165) is 37.7 Å². The van der Waals surface area contributed by atoms with E-state index in [-0.39, 0.29) is 0 Å². The molecule has 0 aliphatic rings. The van der Waals surface area contributed by atoms with Crippen LogP contribution in [0.5, 0.6) is 0 Å². The first-order valence-corrected chi connectivity index (χ1v) is 9.53. The van der Waals surface area contributed by atoms with Crippen molar-refractivity contribution in [2.75, 3.05) is 0 Å². The first-order valence-electron chi connectivity index (χ1n) is 7.78. The number of nitrogens with zero attached hydrogens (tertiary/aromatic N) is 4. The molecule has 25 heavy (non-hydrogen) atoms. The fourth-order valence-corrected chi connectivity index (χ4v) is 4.46. The monoisotopic (exact) mass is 360 g/mol. The Balaban J connectivity index is 1.71. The van der Waals surface area contributed by atoms with Gasteiger partial charge in [0.2, 0.25) is 0 Å². The van der Waals surface area contributed by atoms with Crippen molar-refractivity contribution in [3.63, 3.8) is 0 Å². The van der Waals surface area contributed by atoms with Crippen LogP contribution in [0.3, 0.4) is 0 Å². The highest BCUT2D eigenvalue weighted by Gasteiger charge is 2.15. The largest absolute Gasteiger partial charge is 0.225 e. The first-order chi connectivity index (χ1) is 12.4. The predicted molar refractivity (Wildman–Crippen MR) is 103 cm³/mol. The van der Waals surface area contributed by atoms with Gasteiger partial charge in [-0.3, -0.25) is 0 Å². The average molecular weight is 360 g/mol. The number of hydrogen-bond donors (Lipinski definition) is 0. The van der Waals surface area contributed by atoms with Gasteiger partial charge in [0.15, 0.2) is 5.82 Å². The normalized spacial score (nSPS) is 11.2. The lowest BCUT2D eigenvalue weighted by molar-refractivity contribution is 0.856. The van der Waals surface area contributed by atoms with E-state index in [1.54, 1.807) is 29.0 Å². The lowest BCUT2D eigenvalue weighted by Crippen LogP contribution is -2.00. The summed E-state index contributed by atoms with van der Waals surface area (Å²) in [6.07, 6.45) is 3.57. The van der Waals surface area contributed by atoms with Crippen LogP contribution in [0.4, 0.5) is 0 Å². The number of fused-ring (bicyclic) bond motifs is 1. The molecule has 0 saturated heterocycles. The minimum absolute atomic E-state index is 0.813. The third-order valence-corrected chi connectivity index (χ3v) is 5.79. The van der Waals surface area contributed by atoms with Crippen molar-refractivity contribution >= 4 is 32.9 Å². The van der Waals surface area contributed by atoms with Gasteiger partial charge in [-0.1, -0.05) is 36.4 Å². The van der Waals surface area contributed by atoms with Gasteiger partial charge in [0.25, 0.3) is 0 Å². The van der Waals surface area contributed by atoms with Gasteiger partial charge in [0.1, 0.15) is 16.9 Å². The average Bonchev–Trinajstić information content (AvgIpc) is 3.40. The van der Waals surface area contributed by atoms with E-state index >= 15 is 0 Å². The number of hydrogen-bond acceptors (Lipinski definition) is 5. The maximum absolute atomic E-state index is 4.73. The summed E-state index contributed by atoms with van der Waals surface area (Å²) < 4.78 is 1.85. The zero-order valence-corrected chi connectivity index (χ0v) is 14.7. The van der Waals surface area contributed by atoms with E-state index in [2.05, 4.69) is 38.9 Å². The molecular formula is C19H12N4S2. The third-order valence-electron chi connectivity index (χ3n) is 4.01. The molecule has 0 spiro atoms. The van der Waals surface area contributed by atoms with Crippen molar-refractivity contribution < 1.29 is 0 Å². The van der Waals surface area contributed by atoms with E-state index in [1.807, 2.05) is 41.2 Å². The molecule has 0 unspecified atom stereocenters. The number of thiophene rings is 2. The molecule has 0 atom stereocenters. The summed E-state index contributed by atoms with van der Waals surface area (Å²) in [5.74, 6) is 0.813. The van der Waals surface area contributed by atoms with Crippen LogP contribution in [0.15, 0.2) is 71.8 Å². The molecule has 4 aromatic heterocycles. The van der Waals surface area contributed by atoms with Gasteiger partial charge in [-0.15, -0.1) is 22.7 Å². The van der Waals surface area contributed by atoms with Crippen molar-refractivity contribution in [1.82, 2.24) is 19.7 Å². The van der Waals surface area contributed by atoms with Crippen LogP contribution in [-0.4, -0.2) is 19.7 Å². The molecule has 0 aliphatic carbocycles. The summed E-state index contributed by atoms with van der Waals surface area (Å²) in [7, 11) is 0. The third kappa shape index (κ3) is 2.47. The zero-order chi connectivity index (χ0) is 16.6. The first kappa shape index (κ1) is 14.5. The Labute approximate surface area is 152 Å². The predicted octanol–water partition coefficient (Wildman–Crippen LogP) is 5.27. The molecule has 6 heteroatoms. The Morgan fingerprint density at radius 1 is 0.880 bits per heavy atom. The van der Waals surface area contributed by atoms with Crippen LogP contribution in [0.1, 0.15) is 0 Å². The summed E-state index contributed by atoms with van der Waals surface area (Å²) in [6, 6.07) is 16.5. The SMILES string of the molecule is c1ccc(-c2csc3ncnc(-n4ccc(-c5cccs5)n4)c23)cc1. The Morgan fingerprint density at radius 2 is 1.80 bits per heavy atom. The number of rotatable bonds is 3. The molecule has 5 rings (SSSR count). The van der Waals surface area contributed by atoms with E-state index in [9.17, 15) is 0 Å². The molecule has 4 heterocycles. The van der Waals surface area contributed by atoms with E-state index in [4.69, 9.17) is 5.10 Å². The molecule has 4 nitrogen and oxygen atoms in total. The van der Waals surface area contributed by atoms with Crippen LogP contribution >= 0.6 is 22.7 Å². The lowest BCUT2D eigenvalue weighted by Gasteiger charge is -2.05. The van der Waals surface area contributed by atoms with Crippen molar-refractivity contribution in [2.45, 2.75) is 0 Å². The van der Waals surface area contributed by atoms with Gasteiger partial charge in [-0.25, -0.2) is 14.6 Å². The van der Waals surface area contributed by atoms with Gasteiger partial charge in [-0.2, -0.15) is 5.10 Å². The fraction of sp³-hybridized carbons (Fsp3) is 0. The second-order valence-corrected chi connectivity index (χ2v) is 7.32. The number of aromatic nitrogens is 4. The van der Waals surface area contributed by atoms with Crippen LogP contribution in [-0.2, 0) is 0 Å². The van der Waals surface area contributed by atoms with Crippen LogP contribution in [0.25, 0.3) is 37.7 Å². The smallest absolute Gasteiger partial charge is 0.166 e. The quantitative estimate of drug-likeness (QED) is 0.440. The van der Waals surface area contributed by atoms with Crippen molar-refractivity contribution in [2.24, 2.45) is 0 Å². The summed E-state index contributed by atoms with van der Waals surface area (Å²) in [5.41, 5.74) is 3.26. The molecule has 5 aromatic rings. The molecule has 0 aliphatic heterocycles. The molecule has 0 fully saturated rings. The molecule has 0 N–H and O–H groups in total. The lowest BCUT2D eigenvalue weighted by atomic mass is 10.1. The molecule has 0 amide bonds. The Hall–Kier alpha value is -2.83. The number of benzene rings is 1. The van der Waals surface area contributed by atoms with E-state index in [1.165, 1.54) is 0 Å². The highest BCUT2D eigenvalue weighted by molar-refractivity contribution is 7.17. The molecule has 0 radical (unpaired) electrons. The Bertz CT molecular complexity index is 1140. The van der Waals surface area contributed by atoms with Gasteiger partial charge in [0, 0.05) is 17.1 Å². The summed E-state index contributed by atoms with van der Waals surface area (Å²) in [6.45, 7) is 0. The van der Waals surface area contributed by atoms with Crippen molar-refractivity contribution in [3.05, 3.63) is 71.8 Å². The molecule has 1 aromatic carbocycles. The second kappa shape index (κ2) is 5.91. The van der Waals surface area contributed by atoms with E-state index in [0.29, 0.717) is 0 Å². The molecule has 0 bridgehead atoms. The maximum Gasteiger partial charge on any atom is 0.166 e. The summed E-state index contributed by atoms with van der Waals surface area (Å²) >= 11 is 3.32. The summed E-state index contributed by atoms with van der Waals surface area (Å²) in [4.78, 5) is 11.1. The molecular weight excluding hydrogens is 348 g/mol. The van der Waals surface area contributed by atoms with Gasteiger partial charge in [0.05, 0.1) is 10.3 Å². The van der Waals surface area contributed by atoms with Gasteiger partial charge >= 0.3 is 0 Å². The molecule has 0 saturated carbocycles. The van der Waals surface area contributed by atoms with Gasteiger partial charge in [-0.05, 0) is 23.1 Å². The standard InChI is InChI=1S/C19H12N4S2/c1-2-5-13(6-3-1)14-11-25-19-17(14)18(20-12-21-19)23-9-8-15(22-23)16-7-4-10-24-16/h1-12H. The van der Waals surface area contributed by atoms with E-state index < -0.39 is 0 Å². The fourth-order valence-electron chi connectivity index (χ4n) is 2.86. The highest BCUT2D eigenvalue weighted by atomic mass is 32.1. The minimum Gasteiger partial charge on any atom is -0.225 e. The Morgan fingerprint density at radius 3 is 2.64 bits per heavy atom.